The third-order valence-electron chi connectivity index (χ3n) is 3.36. The molecular weight excluding hydrogens is 292 g/mol. The maximum atomic E-state index is 12.2. The Hall–Kier alpha value is -1.25. The standard InChI is InChI=1S/C13H22N4O3S/c1-10-8-11(2)15-13(14-10)20-12-6-5-7-17(9-12)21(18,19)16(3)4/h8,12H,5-7,9H2,1-4H3. The molecule has 0 amide bonds. The molecule has 0 aromatic carbocycles. The average molecular weight is 314 g/mol. The highest BCUT2D eigenvalue weighted by Crippen LogP contribution is 2.19. The summed E-state index contributed by atoms with van der Waals surface area (Å²) in [7, 11) is -0.327. The predicted molar refractivity (Wildman–Crippen MR) is 79.3 cm³/mol. The lowest BCUT2D eigenvalue weighted by molar-refractivity contribution is 0.116. The molecule has 1 aliphatic rings. The van der Waals surface area contributed by atoms with E-state index in [2.05, 4.69) is 9.97 Å². The second-order valence-corrected chi connectivity index (χ2v) is 7.61. The second-order valence-electron chi connectivity index (χ2n) is 5.46. The van der Waals surface area contributed by atoms with E-state index in [9.17, 15) is 8.42 Å². The Bertz CT molecular complexity index is 583. The lowest BCUT2D eigenvalue weighted by Gasteiger charge is -2.33. The number of hydrogen-bond donors (Lipinski definition) is 0. The molecule has 0 saturated carbocycles. The van der Waals surface area contributed by atoms with Crippen LogP contribution in [0.3, 0.4) is 0 Å². The van der Waals surface area contributed by atoms with Crippen LogP contribution in [-0.4, -0.2) is 60.3 Å². The summed E-state index contributed by atoms with van der Waals surface area (Å²) in [5.41, 5.74) is 1.68. The van der Waals surface area contributed by atoms with Gasteiger partial charge in [-0.1, -0.05) is 0 Å². The fourth-order valence-corrected chi connectivity index (χ4v) is 3.51. The van der Waals surface area contributed by atoms with Crippen molar-refractivity contribution in [3.8, 4) is 6.01 Å². The lowest BCUT2D eigenvalue weighted by Crippen LogP contribution is -2.48. The summed E-state index contributed by atoms with van der Waals surface area (Å²) in [6, 6.07) is 2.19. The third kappa shape index (κ3) is 3.90. The molecule has 2 rings (SSSR count). The number of aromatic nitrogens is 2. The van der Waals surface area contributed by atoms with Crippen LogP contribution in [0.4, 0.5) is 0 Å². The molecule has 8 heteroatoms. The molecule has 2 heterocycles. The second kappa shape index (κ2) is 6.25. The first-order valence-corrected chi connectivity index (χ1v) is 8.35. The van der Waals surface area contributed by atoms with Crippen LogP contribution in [0.1, 0.15) is 24.2 Å². The van der Waals surface area contributed by atoms with Gasteiger partial charge in [0.15, 0.2) is 0 Å². The Kier molecular flexibility index (Phi) is 4.80. The van der Waals surface area contributed by atoms with Crippen molar-refractivity contribution in [1.29, 1.82) is 0 Å². The summed E-state index contributed by atoms with van der Waals surface area (Å²) < 4.78 is 32.8. The van der Waals surface area contributed by atoms with Crippen molar-refractivity contribution >= 4 is 10.2 Å². The van der Waals surface area contributed by atoms with E-state index in [0.29, 0.717) is 19.1 Å². The van der Waals surface area contributed by atoms with Gasteiger partial charge in [-0.2, -0.15) is 17.0 Å². The van der Waals surface area contributed by atoms with Gasteiger partial charge in [0.25, 0.3) is 10.2 Å². The Balaban J connectivity index is 2.08. The molecule has 7 nitrogen and oxygen atoms in total. The molecule has 0 bridgehead atoms. The first-order chi connectivity index (χ1) is 9.79. The molecule has 21 heavy (non-hydrogen) atoms. The van der Waals surface area contributed by atoms with Crippen molar-refractivity contribution in [2.45, 2.75) is 32.8 Å². The van der Waals surface area contributed by atoms with Crippen LogP contribution in [0.25, 0.3) is 0 Å². The Labute approximate surface area is 126 Å². The fourth-order valence-electron chi connectivity index (χ4n) is 2.34. The fraction of sp³-hybridized carbons (Fsp3) is 0.692. The molecule has 118 valence electrons. The van der Waals surface area contributed by atoms with E-state index in [1.165, 1.54) is 22.7 Å². The van der Waals surface area contributed by atoms with Gasteiger partial charge in [-0.25, -0.2) is 9.97 Å². The maximum Gasteiger partial charge on any atom is 0.317 e. The lowest BCUT2D eigenvalue weighted by atomic mass is 10.1. The molecule has 1 aromatic rings. The molecular formula is C13H22N4O3S. The van der Waals surface area contributed by atoms with E-state index in [1.54, 1.807) is 0 Å². The van der Waals surface area contributed by atoms with Crippen molar-refractivity contribution in [3.05, 3.63) is 17.5 Å². The van der Waals surface area contributed by atoms with Crippen LogP contribution >= 0.6 is 0 Å². The Morgan fingerprint density at radius 3 is 2.48 bits per heavy atom. The zero-order valence-corrected chi connectivity index (χ0v) is 13.7. The summed E-state index contributed by atoms with van der Waals surface area (Å²) in [5, 5.41) is 0. The molecule has 0 N–H and O–H groups in total. The zero-order chi connectivity index (χ0) is 15.6. The van der Waals surface area contributed by atoms with Gasteiger partial charge in [0.05, 0.1) is 6.54 Å². The quantitative estimate of drug-likeness (QED) is 0.819. The average Bonchev–Trinajstić information content (AvgIpc) is 2.37. The SMILES string of the molecule is Cc1cc(C)nc(OC2CCCN(S(=O)(=O)N(C)C)C2)n1. The van der Waals surface area contributed by atoms with E-state index < -0.39 is 10.2 Å². The first-order valence-electron chi connectivity index (χ1n) is 6.95. The summed E-state index contributed by atoms with van der Waals surface area (Å²) >= 11 is 0. The van der Waals surface area contributed by atoms with Crippen LogP contribution < -0.4 is 4.74 Å². The van der Waals surface area contributed by atoms with Gasteiger partial charge in [0.2, 0.25) is 0 Å². The van der Waals surface area contributed by atoms with Crippen molar-refractivity contribution in [3.63, 3.8) is 0 Å². The highest BCUT2D eigenvalue weighted by atomic mass is 32.2. The maximum absolute atomic E-state index is 12.2. The molecule has 0 spiro atoms. The van der Waals surface area contributed by atoms with Gasteiger partial charge < -0.3 is 4.74 Å². The number of ether oxygens (including phenoxy) is 1. The summed E-state index contributed by atoms with van der Waals surface area (Å²) in [4.78, 5) is 8.48. The molecule has 1 saturated heterocycles. The normalized spacial score (nSPS) is 20.7. The van der Waals surface area contributed by atoms with Gasteiger partial charge in [0, 0.05) is 32.0 Å². The zero-order valence-electron chi connectivity index (χ0n) is 12.9. The highest BCUT2D eigenvalue weighted by Gasteiger charge is 2.31. The molecule has 1 aliphatic heterocycles. The van der Waals surface area contributed by atoms with Gasteiger partial charge >= 0.3 is 6.01 Å². The number of nitrogens with zero attached hydrogens (tertiary/aromatic N) is 4. The summed E-state index contributed by atoms with van der Waals surface area (Å²) in [6.07, 6.45) is 1.35. The number of piperidine rings is 1. The van der Waals surface area contributed by atoms with E-state index in [4.69, 9.17) is 4.74 Å². The van der Waals surface area contributed by atoms with E-state index >= 15 is 0 Å². The smallest absolute Gasteiger partial charge is 0.317 e. The van der Waals surface area contributed by atoms with Crippen LogP contribution in [0.15, 0.2) is 6.07 Å². The van der Waals surface area contributed by atoms with Crippen molar-refractivity contribution in [1.82, 2.24) is 18.6 Å². The van der Waals surface area contributed by atoms with Gasteiger partial charge in [-0.3, -0.25) is 0 Å². The minimum atomic E-state index is -3.40. The first kappa shape index (κ1) is 16.1. The molecule has 0 aliphatic carbocycles. The molecule has 0 radical (unpaired) electrons. The Morgan fingerprint density at radius 2 is 1.90 bits per heavy atom. The van der Waals surface area contributed by atoms with Gasteiger partial charge in [-0.15, -0.1) is 0 Å². The monoisotopic (exact) mass is 314 g/mol. The number of hydrogen-bond acceptors (Lipinski definition) is 5. The third-order valence-corrected chi connectivity index (χ3v) is 5.27. The van der Waals surface area contributed by atoms with E-state index in [-0.39, 0.29) is 6.10 Å². The van der Waals surface area contributed by atoms with Crippen LogP contribution in [0.2, 0.25) is 0 Å². The highest BCUT2D eigenvalue weighted by molar-refractivity contribution is 7.86. The van der Waals surface area contributed by atoms with Crippen molar-refractivity contribution in [2.75, 3.05) is 27.2 Å². The minimum Gasteiger partial charge on any atom is -0.459 e. The topological polar surface area (TPSA) is 75.6 Å². The van der Waals surface area contributed by atoms with Gasteiger partial charge in [0.1, 0.15) is 6.10 Å². The van der Waals surface area contributed by atoms with E-state index in [0.717, 1.165) is 24.2 Å². The van der Waals surface area contributed by atoms with Crippen LogP contribution in [0.5, 0.6) is 6.01 Å². The Morgan fingerprint density at radius 1 is 1.29 bits per heavy atom. The predicted octanol–water partition coefficient (Wildman–Crippen LogP) is 0.743. The molecule has 1 fully saturated rings. The minimum absolute atomic E-state index is 0.213. The summed E-state index contributed by atoms with van der Waals surface area (Å²) in [6.45, 7) is 4.61. The number of rotatable bonds is 4. The molecule has 1 atom stereocenters. The number of aryl methyl sites for hydroxylation is 2. The molecule has 1 unspecified atom stereocenters. The van der Waals surface area contributed by atoms with Crippen molar-refractivity contribution < 1.29 is 13.2 Å². The molecule has 1 aromatic heterocycles. The van der Waals surface area contributed by atoms with E-state index in [1.807, 2.05) is 19.9 Å². The van der Waals surface area contributed by atoms with Crippen molar-refractivity contribution in [2.24, 2.45) is 0 Å². The van der Waals surface area contributed by atoms with Gasteiger partial charge in [-0.05, 0) is 32.8 Å². The summed E-state index contributed by atoms with van der Waals surface area (Å²) in [5.74, 6) is 0. The largest absolute Gasteiger partial charge is 0.459 e. The van der Waals surface area contributed by atoms with Crippen LogP contribution in [-0.2, 0) is 10.2 Å². The van der Waals surface area contributed by atoms with Crippen LogP contribution in [0, 0.1) is 13.8 Å².